The number of hydrogen-bond donors (Lipinski definition) is 4. The highest BCUT2D eigenvalue weighted by molar-refractivity contribution is 5.94. The van der Waals surface area contributed by atoms with Crippen LogP contribution in [0.3, 0.4) is 0 Å². The van der Waals surface area contributed by atoms with E-state index in [0.29, 0.717) is 5.56 Å². The summed E-state index contributed by atoms with van der Waals surface area (Å²) in [6.45, 7) is 1.67. The first-order valence-corrected chi connectivity index (χ1v) is 7.39. The summed E-state index contributed by atoms with van der Waals surface area (Å²) in [7, 11) is 1.43. The summed E-state index contributed by atoms with van der Waals surface area (Å²) in [5, 5.41) is 12.3. The second-order valence-electron chi connectivity index (χ2n) is 5.77. The summed E-state index contributed by atoms with van der Waals surface area (Å²) in [6, 6.07) is 5.52. The zero-order valence-electron chi connectivity index (χ0n) is 13.8. The Hall–Kier alpha value is -2.78. The molecule has 1 atom stereocenters. The number of amides is 1. The normalized spacial score (nSPS) is 13.3. The summed E-state index contributed by atoms with van der Waals surface area (Å²) in [5.74, 6) is -1.96. The van der Waals surface area contributed by atoms with Crippen molar-refractivity contribution in [2.24, 2.45) is 5.73 Å². The van der Waals surface area contributed by atoms with E-state index in [1.54, 1.807) is 6.92 Å². The van der Waals surface area contributed by atoms with E-state index in [1.807, 2.05) is 0 Å². The zero-order chi connectivity index (χ0) is 18.6. The summed E-state index contributed by atoms with van der Waals surface area (Å²) in [6.07, 6.45) is 0. The monoisotopic (exact) mass is 350 g/mol. The van der Waals surface area contributed by atoms with Crippen LogP contribution in [0.15, 0.2) is 29.1 Å². The maximum atomic E-state index is 12.9. The van der Waals surface area contributed by atoms with E-state index >= 15 is 0 Å². The molecule has 134 valence electrons. The van der Waals surface area contributed by atoms with Gasteiger partial charge in [0, 0.05) is 13.7 Å². The van der Waals surface area contributed by atoms with Crippen LogP contribution in [0.2, 0.25) is 0 Å². The van der Waals surface area contributed by atoms with E-state index in [9.17, 15) is 19.1 Å². The highest BCUT2D eigenvalue weighted by atomic mass is 19.1. The van der Waals surface area contributed by atoms with Crippen LogP contribution in [0.4, 0.5) is 4.39 Å². The Morgan fingerprint density at radius 1 is 1.44 bits per heavy atom. The number of rotatable bonds is 6. The molecule has 9 heteroatoms. The highest BCUT2D eigenvalue weighted by Gasteiger charge is 2.28. The molecular formula is C16H19FN4O4. The standard InChI is InChI=1S/C16H19FN4O4/c1-16(18,8-25-2)15-20-11(12(22)14(24)21-15)13(23)19-7-9-3-5-10(17)6-4-9/h3-6,22H,7-8,18H2,1-2H3,(H,19,23)(H,20,21,24). The van der Waals surface area contributed by atoms with Crippen molar-refractivity contribution in [1.29, 1.82) is 0 Å². The molecule has 0 spiro atoms. The second kappa shape index (κ2) is 7.41. The molecule has 0 saturated heterocycles. The molecule has 25 heavy (non-hydrogen) atoms. The van der Waals surface area contributed by atoms with E-state index in [4.69, 9.17) is 10.5 Å². The summed E-state index contributed by atoms with van der Waals surface area (Å²) >= 11 is 0. The van der Waals surface area contributed by atoms with Crippen molar-refractivity contribution in [3.63, 3.8) is 0 Å². The minimum Gasteiger partial charge on any atom is -0.501 e. The quantitative estimate of drug-likeness (QED) is 0.595. The molecule has 1 aromatic carbocycles. The van der Waals surface area contributed by atoms with Crippen molar-refractivity contribution in [2.45, 2.75) is 19.0 Å². The number of methoxy groups -OCH3 is 1. The number of hydrogen-bond acceptors (Lipinski definition) is 6. The number of halogens is 1. The van der Waals surface area contributed by atoms with Gasteiger partial charge < -0.3 is 25.9 Å². The Morgan fingerprint density at radius 2 is 2.08 bits per heavy atom. The lowest BCUT2D eigenvalue weighted by Gasteiger charge is -2.22. The smallest absolute Gasteiger partial charge is 0.293 e. The lowest BCUT2D eigenvalue weighted by Crippen LogP contribution is -2.42. The van der Waals surface area contributed by atoms with E-state index in [2.05, 4.69) is 15.3 Å². The van der Waals surface area contributed by atoms with Crippen molar-refractivity contribution in [3.8, 4) is 5.75 Å². The number of aromatic hydroxyl groups is 1. The molecule has 0 fully saturated rings. The zero-order valence-corrected chi connectivity index (χ0v) is 13.8. The average molecular weight is 350 g/mol. The molecule has 1 amide bonds. The van der Waals surface area contributed by atoms with Gasteiger partial charge in [0.25, 0.3) is 11.5 Å². The molecule has 0 saturated carbocycles. The number of benzene rings is 1. The Kier molecular flexibility index (Phi) is 5.50. The Bertz CT molecular complexity index is 818. The molecule has 0 radical (unpaired) electrons. The highest BCUT2D eigenvalue weighted by Crippen LogP contribution is 2.16. The Morgan fingerprint density at radius 3 is 2.68 bits per heavy atom. The summed E-state index contributed by atoms with van der Waals surface area (Å²) < 4.78 is 17.8. The lowest BCUT2D eigenvalue weighted by molar-refractivity contribution is 0.0940. The van der Waals surface area contributed by atoms with Gasteiger partial charge in [-0.05, 0) is 24.6 Å². The fraction of sp³-hybridized carbons (Fsp3) is 0.312. The molecule has 2 rings (SSSR count). The topological polar surface area (TPSA) is 130 Å². The van der Waals surface area contributed by atoms with Gasteiger partial charge in [-0.25, -0.2) is 9.37 Å². The number of ether oxygens (including phenoxy) is 1. The lowest BCUT2D eigenvalue weighted by atomic mass is 10.0. The van der Waals surface area contributed by atoms with Gasteiger partial charge in [0.1, 0.15) is 11.6 Å². The SMILES string of the molecule is COCC(C)(N)c1nc(C(=O)NCc2ccc(F)cc2)c(O)c(=O)[nH]1. The molecule has 1 heterocycles. The first-order valence-electron chi connectivity index (χ1n) is 7.39. The van der Waals surface area contributed by atoms with E-state index < -0.39 is 34.3 Å². The summed E-state index contributed by atoms with van der Waals surface area (Å²) in [5.41, 5.74) is 4.16. The molecule has 8 nitrogen and oxygen atoms in total. The van der Waals surface area contributed by atoms with Gasteiger partial charge in [-0.15, -0.1) is 0 Å². The van der Waals surface area contributed by atoms with Gasteiger partial charge >= 0.3 is 0 Å². The van der Waals surface area contributed by atoms with Crippen LogP contribution in [0.25, 0.3) is 0 Å². The van der Waals surface area contributed by atoms with E-state index in [-0.39, 0.29) is 19.0 Å². The summed E-state index contributed by atoms with van der Waals surface area (Å²) in [4.78, 5) is 30.4. The molecule has 1 unspecified atom stereocenters. The largest absolute Gasteiger partial charge is 0.501 e. The van der Waals surface area contributed by atoms with Gasteiger partial charge in [0.15, 0.2) is 5.69 Å². The van der Waals surface area contributed by atoms with Crippen LogP contribution in [0.5, 0.6) is 5.75 Å². The predicted octanol–water partition coefficient (Wildman–Crippen LogP) is 0.365. The fourth-order valence-electron chi connectivity index (χ4n) is 2.13. The number of H-pyrrole nitrogens is 1. The minimum absolute atomic E-state index is 0.00378. The van der Waals surface area contributed by atoms with Crippen molar-refractivity contribution in [2.75, 3.05) is 13.7 Å². The number of nitrogens with zero attached hydrogens (tertiary/aromatic N) is 1. The number of nitrogens with two attached hydrogens (primary N) is 1. The van der Waals surface area contributed by atoms with Crippen LogP contribution in [-0.2, 0) is 16.8 Å². The molecule has 0 aliphatic heterocycles. The average Bonchev–Trinajstić information content (AvgIpc) is 2.56. The fourth-order valence-corrected chi connectivity index (χ4v) is 2.13. The van der Waals surface area contributed by atoms with Crippen LogP contribution in [0, 0.1) is 5.82 Å². The third-order valence-corrected chi connectivity index (χ3v) is 3.46. The Labute approximate surface area is 142 Å². The molecule has 0 bridgehead atoms. The first kappa shape index (κ1) is 18.6. The first-order chi connectivity index (χ1) is 11.7. The maximum absolute atomic E-state index is 12.9. The van der Waals surface area contributed by atoms with Crippen molar-refractivity contribution < 1.29 is 19.0 Å². The van der Waals surface area contributed by atoms with Crippen LogP contribution < -0.4 is 16.6 Å². The third-order valence-electron chi connectivity index (χ3n) is 3.46. The van der Waals surface area contributed by atoms with Crippen LogP contribution >= 0.6 is 0 Å². The molecular weight excluding hydrogens is 331 g/mol. The molecule has 0 aliphatic carbocycles. The second-order valence-corrected chi connectivity index (χ2v) is 5.77. The Balaban J connectivity index is 2.25. The van der Waals surface area contributed by atoms with Crippen molar-refractivity contribution in [1.82, 2.24) is 15.3 Å². The number of aromatic nitrogens is 2. The van der Waals surface area contributed by atoms with Gasteiger partial charge in [0.2, 0.25) is 5.75 Å². The molecule has 1 aromatic heterocycles. The number of carbonyl (C=O) groups is 1. The predicted molar refractivity (Wildman–Crippen MR) is 87.5 cm³/mol. The van der Waals surface area contributed by atoms with Gasteiger partial charge in [-0.1, -0.05) is 12.1 Å². The minimum atomic E-state index is -1.16. The van der Waals surface area contributed by atoms with Gasteiger partial charge in [-0.2, -0.15) is 0 Å². The number of carbonyl (C=O) groups excluding carboxylic acids is 1. The molecule has 2 aromatic rings. The molecule has 0 aliphatic rings. The maximum Gasteiger partial charge on any atom is 0.293 e. The van der Waals surface area contributed by atoms with Crippen molar-refractivity contribution in [3.05, 3.63) is 57.5 Å². The third kappa shape index (κ3) is 4.40. The van der Waals surface area contributed by atoms with Gasteiger partial charge in [0.05, 0.1) is 12.1 Å². The van der Waals surface area contributed by atoms with Crippen LogP contribution in [0.1, 0.15) is 28.8 Å². The van der Waals surface area contributed by atoms with Crippen molar-refractivity contribution >= 4 is 5.91 Å². The van der Waals surface area contributed by atoms with Crippen LogP contribution in [-0.4, -0.2) is 34.7 Å². The number of aromatic amines is 1. The number of nitrogens with one attached hydrogen (secondary N) is 2. The molecule has 5 N–H and O–H groups in total. The van der Waals surface area contributed by atoms with E-state index in [1.165, 1.54) is 31.4 Å². The van der Waals surface area contributed by atoms with Gasteiger partial charge in [-0.3, -0.25) is 9.59 Å². The van der Waals surface area contributed by atoms with E-state index in [0.717, 1.165) is 0 Å².